The summed E-state index contributed by atoms with van der Waals surface area (Å²) in [4.78, 5) is 24.4. The molecule has 176 valence electrons. The maximum Gasteiger partial charge on any atom is 0.436 e. The number of ether oxygens (including phenoxy) is 1. The quantitative estimate of drug-likeness (QED) is 0.380. The fourth-order valence-corrected chi connectivity index (χ4v) is 3.37. The summed E-state index contributed by atoms with van der Waals surface area (Å²) in [5.74, 6) is -1.32. The van der Waals surface area contributed by atoms with Gasteiger partial charge in [-0.15, -0.1) is 0 Å². The van der Waals surface area contributed by atoms with E-state index < -0.39 is 34.5 Å². The van der Waals surface area contributed by atoms with Crippen LogP contribution in [0, 0.1) is 5.82 Å². The molecule has 4 rings (SSSR count). The van der Waals surface area contributed by atoms with Crippen LogP contribution in [0.1, 0.15) is 21.6 Å². The van der Waals surface area contributed by atoms with Crippen LogP contribution in [0.25, 0.3) is 16.6 Å². The molecule has 0 aliphatic heterocycles. The number of nitrogens with one attached hydrogen (secondary N) is 2. The van der Waals surface area contributed by atoms with Gasteiger partial charge >= 0.3 is 6.18 Å². The van der Waals surface area contributed by atoms with Crippen molar-refractivity contribution < 1.29 is 27.1 Å². The number of H-pyrrole nitrogens is 1. The SMILES string of the molecule is COc1ccc(F)cc1C(=O)NCc1ccc(-n2nc(C(F)(F)F)c3c(=O)[nH]nc(N)c32)cc1. The zero-order valence-electron chi connectivity index (χ0n) is 17.4. The highest BCUT2D eigenvalue weighted by Crippen LogP contribution is 2.34. The van der Waals surface area contributed by atoms with Gasteiger partial charge in [0.25, 0.3) is 11.5 Å². The molecule has 0 saturated carbocycles. The number of aromatic nitrogens is 4. The van der Waals surface area contributed by atoms with Crippen molar-refractivity contribution in [3.8, 4) is 11.4 Å². The number of carbonyl (C=O) groups excluding carboxylic acids is 1. The van der Waals surface area contributed by atoms with Crippen LogP contribution in [0.2, 0.25) is 0 Å². The number of methoxy groups -OCH3 is 1. The second kappa shape index (κ2) is 8.50. The number of carbonyl (C=O) groups is 1. The van der Waals surface area contributed by atoms with Crippen molar-refractivity contribution in [3.63, 3.8) is 0 Å². The van der Waals surface area contributed by atoms with Gasteiger partial charge < -0.3 is 15.8 Å². The standard InChI is InChI=1S/C21H16F4N6O3/c1-34-14-7-4-11(22)8-13(14)19(32)27-9-10-2-5-12(6-3-10)31-16-15(17(30-31)21(23,24)25)20(33)29-28-18(16)26/h2-8H,9H2,1H3,(H2,26,28)(H,27,32)(H,29,33). The van der Waals surface area contributed by atoms with E-state index in [4.69, 9.17) is 10.5 Å². The third-order valence-electron chi connectivity index (χ3n) is 4.94. The molecular weight excluding hydrogens is 460 g/mol. The summed E-state index contributed by atoms with van der Waals surface area (Å²) < 4.78 is 59.8. The first-order chi connectivity index (χ1) is 16.1. The summed E-state index contributed by atoms with van der Waals surface area (Å²) in [6.07, 6.45) is -4.90. The van der Waals surface area contributed by atoms with Gasteiger partial charge in [-0.1, -0.05) is 12.1 Å². The highest BCUT2D eigenvalue weighted by molar-refractivity contribution is 5.97. The minimum Gasteiger partial charge on any atom is -0.496 e. The van der Waals surface area contributed by atoms with E-state index in [9.17, 15) is 27.2 Å². The number of hydrogen-bond donors (Lipinski definition) is 3. The molecule has 1 amide bonds. The lowest BCUT2D eigenvalue weighted by Crippen LogP contribution is -2.23. The summed E-state index contributed by atoms with van der Waals surface area (Å²) in [6, 6.07) is 9.49. The predicted molar refractivity (Wildman–Crippen MR) is 113 cm³/mol. The molecule has 0 spiro atoms. The van der Waals surface area contributed by atoms with E-state index in [1.54, 1.807) is 0 Å². The Balaban J connectivity index is 1.62. The average molecular weight is 476 g/mol. The number of nitrogens with zero attached hydrogens (tertiary/aromatic N) is 3. The molecule has 13 heteroatoms. The molecule has 0 aliphatic carbocycles. The number of halogens is 4. The van der Waals surface area contributed by atoms with Gasteiger partial charge in [-0.05, 0) is 35.9 Å². The van der Waals surface area contributed by atoms with Crippen molar-refractivity contribution in [2.24, 2.45) is 0 Å². The van der Waals surface area contributed by atoms with E-state index in [0.717, 1.165) is 16.8 Å². The van der Waals surface area contributed by atoms with Crippen LogP contribution >= 0.6 is 0 Å². The number of nitrogen functional groups attached to an aromatic ring is 1. The molecule has 0 saturated heterocycles. The van der Waals surface area contributed by atoms with Crippen LogP contribution in [0.3, 0.4) is 0 Å². The molecule has 2 aromatic carbocycles. The Hall–Kier alpha value is -4.42. The third kappa shape index (κ3) is 4.14. The minimum absolute atomic E-state index is 0.00927. The van der Waals surface area contributed by atoms with Gasteiger partial charge in [0, 0.05) is 6.54 Å². The van der Waals surface area contributed by atoms with Gasteiger partial charge in [-0.2, -0.15) is 23.4 Å². The highest BCUT2D eigenvalue weighted by Gasteiger charge is 2.39. The van der Waals surface area contributed by atoms with Crippen LogP contribution in [0.5, 0.6) is 5.75 Å². The second-order valence-electron chi connectivity index (χ2n) is 7.11. The molecule has 4 N–H and O–H groups in total. The number of rotatable bonds is 5. The number of hydrogen-bond acceptors (Lipinski definition) is 6. The monoisotopic (exact) mass is 476 g/mol. The first kappa shape index (κ1) is 22.8. The minimum atomic E-state index is -4.90. The molecule has 0 bridgehead atoms. The van der Waals surface area contributed by atoms with Crippen molar-refractivity contribution in [1.82, 2.24) is 25.3 Å². The average Bonchev–Trinajstić information content (AvgIpc) is 3.23. The zero-order chi connectivity index (χ0) is 24.6. The molecule has 0 fully saturated rings. The van der Waals surface area contributed by atoms with E-state index >= 15 is 0 Å². The van der Waals surface area contributed by atoms with Gasteiger partial charge in [0.2, 0.25) is 0 Å². The zero-order valence-corrected chi connectivity index (χ0v) is 17.4. The van der Waals surface area contributed by atoms with Crippen LogP contribution in [-0.2, 0) is 12.7 Å². The Kier molecular flexibility index (Phi) is 5.69. The van der Waals surface area contributed by atoms with Crippen molar-refractivity contribution >= 4 is 22.6 Å². The molecule has 2 heterocycles. The van der Waals surface area contributed by atoms with Crippen molar-refractivity contribution in [3.05, 3.63) is 75.5 Å². The fourth-order valence-electron chi connectivity index (χ4n) is 3.37. The summed E-state index contributed by atoms with van der Waals surface area (Å²) in [7, 11) is 1.35. The molecule has 0 atom stereocenters. The summed E-state index contributed by atoms with van der Waals surface area (Å²) >= 11 is 0. The van der Waals surface area contributed by atoms with Crippen molar-refractivity contribution in [2.75, 3.05) is 12.8 Å². The number of fused-ring (bicyclic) bond motifs is 1. The van der Waals surface area contributed by atoms with E-state index in [0.29, 0.717) is 5.56 Å². The van der Waals surface area contributed by atoms with E-state index in [2.05, 4.69) is 15.5 Å². The molecule has 0 radical (unpaired) electrons. The smallest absolute Gasteiger partial charge is 0.436 e. The maximum absolute atomic E-state index is 13.5. The van der Waals surface area contributed by atoms with Crippen molar-refractivity contribution in [1.29, 1.82) is 0 Å². The second-order valence-corrected chi connectivity index (χ2v) is 7.11. The number of anilines is 1. The third-order valence-corrected chi connectivity index (χ3v) is 4.94. The molecule has 0 aliphatic rings. The van der Waals surface area contributed by atoms with E-state index in [1.807, 2.05) is 5.10 Å². The van der Waals surface area contributed by atoms with Gasteiger partial charge in [0.15, 0.2) is 11.5 Å². The largest absolute Gasteiger partial charge is 0.496 e. The lowest BCUT2D eigenvalue weighted by Gasteiger charge is -2.10. The first-order valence-corrected chi connectivity index (χ1v) is 9.65. The molecule has 34 heavy (non-hydrogen) atoms. The Labute approximate surface area is 188 Å². The number of nitrogens with two attached hydrogens (primary N) is 1. The van der Waals surface area contributed by atoms with Gasteiger partial charge in [-0.25, -0.2) is 14.2 Å². The molecule has 9 nitrogen and oxygen atoms in total. The lowest BCUT2D eigenvalue weighted by atomic mass is 10.1. The van der Waals surface area contributed by atoms with E-state index in [1.165, 1.54) is 37.4 Å². The number of amides is 1. The van der Waals surface area contributed by atoms with Gasteiger partial charge in [0.05, 0.1) is 18.4 Å². The van der Waals surface area contributed by atoms with Crippen LogP contribution in [-0.4, -0.2) is 33.0 Å². The fraction of sp³-hybridized carbons (Fsp3) is 0.143. The first-order valence-electron chi connectivity index (χ1n) is 9.65. The van der Waals surface area contributed by atoms with Crippen LogP contribution in [0.4, 0.5) is 23.4 Å². The van der Waals surface area contributed by atoms with Crippen LogP contribution in [0.15, 0.2) is 47.3 Å². The summed E-state index contributed by atoms with van der Waals surface area (Å²) in [5, 5.41) is 10.9. The highest BCUT2D eigenvalue weighted by atomic mass is 19.4. The Morgan fingerprint density at radius 3 is 2.56 bits per heavy atom. The number of benzene rings is 2. The number of alkyl halides is 3. The predicted octanol–water partition coefficient (Wildman–Crippen LogP) is 2.79. The molecule has 2 aromatic heterocycles. The van der Waals surface area contributed by atoms with Crippen molar-refractivity contribution in [2.45, 2.75) is 12.7 Å². The normalized spacial score (nSPS) is 11.6. The lowest BCUT2D eigenvalue weighted by molar-refractivity contribution is -0.140. The summed E-state index contributed by atoms with van der Waals surface area (Å²) in [6.45, 7) is 0.0375. The summed E-state index contributed by atoms with van der Waals surface area (Å²) in [5.41, 5.74) is 3.76. The topological polar surface area (TPSA) is 128 Å². The Morgan fingerprint density at radius 2 is 1.91 bits per heavy atom. The Morgan fingerprint density at radius 1 is 1.21 bits per heavy atom. The van der Waals surface area contributed by atoms with Gasteiger partial charge in [0.1, 0.15) is 22.5 Å². The molecular formula is C21H16F4N6O3. The molecule has 4 aromatic rings. The Bertz CT molecular complexity index is 1440. The maximum atomic E-state index is 13.5. The van der Waals surface area contributed by atoms with Gasteiger partial charge in [-0.3, -0.25) is 9.59 Å². The van der Waals surface area contributed by atoms with E-state index in [-0.39, 0.29) is 34.9 Å². The molecule has 0 unspecified atom stereocenters. The number of aromatic amines is 1. The van der Waals surface area contributed by atoms with Crippen LogP contribution < -0.4 is 21.3 Å².